The lowest BCUT2D eigenvalue weighted by Crippen LogP contribution is -2.44. The van der Waals surface area contributed by atoms with E-state index in [1.54, 1.807) is 4.90 Å². The van der Waals surface area contributed by atoms with Crippen molar-refractivity contribution in [2.24, 2.45) is 11.7 Å². The third-order valence-electron chi connectivity index (χ3n) is 2.63. The Kier molecular flexibility index (Phi) is 7.64. The number of carbonyl (C=O) groups is 1. The molecule has 3 nitrogen and oxygen atoms in total. The van der Waals surface area contributed by atoms with Crippen LogP contribution < -0.4 is 5.73 Å². The SMILES string of the molecule is CC(C)CN(C)C(=O)[C@@H](N)Cc1ccccc1.Cl. The maximum absolute atomic E-state index is 12.0. The van der Waals surface area contributed by atoms with Crippen molar-refractivity contribution in [3.05, 3.63) is 35.9 Å². The van der Waals surface area contributed by atoms with Gasteiger partial charge in [0.05, 0.1) is 6.04 Å². The van der Waals surface area contributed by atoms with E-state index >= 15 is 0 Å². The molecule has 1 rings (SSSR count). The van der Waals surface area contributed by atoms with Crippen molar-refractivity contribution in [1.82, 2.24) is 4.90 Å². The van der Waals surface area contributed by atoms with E-state index in [1.807, 2.05) is 37.4 Å². The summed E-state index contributed by atoms with van der Waals surface area (Å²) in [6.45, 7) is 4.93. The van der Waals surface area contributed by atoms with Crippen LogP contribution in [0.25, 0.3) is 0 Å². The molecular formula is C14H23ClN2O. The Bertz CT molecular complexity index is 354. The van der Waals surface area contributed by atoms with Gasteiger partial charge in [0.2, 0.25) is 5.91 Å². The first kappa shape index (κ1) is 16.9. The highest BCUT2D eigenvalue weighted by atomic mass is 35.5. The maximum atomic E-state index is 12.0. The Balaban J connectivity index is 0.00000289. The second-order valence-electron chi connectivity index (χ2n) is 4.91. The minimum atomic E-state index is -0.443. The predicted octanol–water partition coefficient (Wildman–Crippen LogP) is 2.09. The van der Waals surface area contributed by atoms with Gasteiger partial charge in [-0.2, -0.15) is 0 Å². The smallest absolute Gasteiger partial charge is 0.239 e. The van der Waals surface area contributed by atoms with Crippen molar-refractivity contribution >= 4 is 18.3 Å². The fraction of sp³-hybridized carbons (Fsp3) is 0.500. The molecule has 0 bridgehead atoms. The van der Waals surface area contributed by atoms with Crippen LogP contribution in [0.5, 0.6) is 0 Å². The summed E-state index contributed by atoms with van der Waals surface area (Å²) in [6.07, 6.45) is 0.599. The van der Waals surface area contributed by atoms with Crippen LogP contribution in [0, 0.1) is 5.92 Å². The minimum absolute atomic E-state index is 0. The summed E-state index contributed by atoms with van der Waals surface area (Å²) in [6, 6.07) is 9.43. The van der Waals surface area contributed by atoms with E-state index in [-0.39, 0.29) is 18.3 Å². The summed E-state index contributed by atoms with van der Waals surface area (Å²) in [5.74, 6) is 0.482. The number of likely N-dealkylation sites (N-methyl/N-ethyl adjacent to an activating group) is 1. The second-order valence-corrected chi connectivity index (χ2v) is 4.91. The number of halogens is 1. The largest absolute Gasteiger partial charge is 0.344 e. The van der Waals surface area contributed by atoms with Crippen LogP contribution in [0.4, 0.5) is 0 Å². The molecule has 0 aliphatic heterocycles. The van der Waals surface area contributed by atoms with Crippen LogP contribution >= 0.6 is 12.4 Å². The van der Waals surface area contributed by atoms with Gasteiger partial charge in [0.1, 0.15) is 0 Å². The highest BCUT2D eigenvalue weighted by molar-refractivity contribution is 5.85. The standard InChI is InChI=1S/C14H22N2O.ClH/c1-11(2)10-16(3)14(17)13(15)9-12-7-5-4-6-8-12;/h4-8,11,13H,9-10,15H2,1-3H3;1H/t13-;/m0./s1. The zero-order chi connectivity index (χ0) is 12.8. The van der Waals surface area contributed by atoms with Crippen molar-refractivity contribution in [3.63, 3.8) is 0 Å². The molecule has 0 saturated heterocycles. The number of benzene rings is 1. The van der Waals surface area contributed by atoms with Gasteiger partial charge >= 0.3 is 0 Å². The maximum Gasteiger partial charge on any atom is 0.239 e. The van der Waals surface area contributed by atoms with E-state index in [2.05, 4.69) is 13.8 Å². The molecule has 102 valence electrons. The first-order valence-electron chi connectivity index (χ1n) is 6.05. The Morgan fingerprint density at radius 2 is 1.83 bits per heavy atom. The van der Waals surface area contributed by atoms with Crippen molar-refractivity contribution < 1.29 is 4.79 Å². The number of hydrogen-bond donors (Lipinski definition) is 1. The van der Waals surface area contributed by atoms with Crippen LogP contribution in [-0.2, 0) is 11.2 Å². The molecule has 0 heterocycles. The summed E-state index contributed by atoms with van der Waals surface area (Å²) < 4.78 is 0. The minimum Gasteiger partial charge on any atom is -0.344 e. The fourth-order valence-electron chi connectivity index (χ4n) is 1.88. The summed E-state index contributed by atoms with van der Waals surface area (Å²) in [7, 11) is 1.81. The van der Waals surface area contributed by atoms with E-state index < -0.39 is 6.04 Å². The highest BCUT2D eigenvalue weighted by Crippen LogP contribution is 2.05. The Morgan fingerprint density at radius 1 is 1.28 bits per heavy atom. The van der Waals surface area contributed by atoms with E-state index in [1.165, 1.54) is 0 Å². The van der Waals surface area contributed by atoms with E-state index in [0.29, 0.717) is 12.3 Å². The summed E-state index contributed by atoms with van der Waals surface area (Å²) >= 11 is 0. The number of nitrogens with zero attached hydrogens (tertiary/aromatic N) is 1. The van der Waals surface area contributed by atoms with Gasteiger partial charge in [-0.05, 0) is 17.9 Å². The molecule has 0 radical (unpaired) electrons. The molecule has 1 amide bonds. The highest BCUT2D eigenvalue weighted by Gasteiger charge is 2.18. The van der Waals surface area contributed by atoms with Crippen LogP contribution in [-0.4, -0.2) is 30.4 Å². The summed E-state index contributed by atoms with van der Waals surface area (Å²) in [4.78, 5) is 13.7. The molecule has 0 aromatic heterocycles. The van der Waals surface area contributed by atoms with E-state index in [4.69, 9.17) is 5.73 Å². The molecule has 4 heteroatoms. The molecule has 0 unspecified atom stereocenters. The van der Waals surface area contributed by atoms with Crippen LogP contribution in [0.2, 0.25) is 0 Å². The van der Waals surface area contributed by atoms with Gasteiger partial charge in [-0.25, -0.2) is 0 Å². The third kappa shape index (κ3) is 5.52. The quantitative estimate of drug-likeness (QED) is 0.891. The zero-order valence-electron chi connectivity index (χ0n) is 11.3. The van der Waals surface area contributed by atoms with E-state index in [9.17, 15) is 4.79 Å². The molecule has 1 aromatic carbocycles. The third-order valence-corrected chi connectivity index (χ3v) is 2.63. The molecule has 1 atom stereocenters. The van der Waals surface area contributed by atoms with Gasteiger partial charge in [0.15, 0.2) is 0 Å². The van der Waals surface area contributed by atoms with Crippen molar-refractivity contribution in [3.8, 4) is 0 Å². The Labute approximate surface area is 116 Å². The van der Waals surface area contributed by atoms with Gasteiger partial charge in [-0.1, -0.05) is 44.2 Å². The number of hydrogen-bond acceptors (Lipinski definition) is 2. The van der Waals surface area contributed by atoms with Crippen molar-refractivity contribution in [1.29, 1.82) is 0 Å². The summed E-state index contributed by atoms with van der Waals surface area (Å²) in [5.41, 5.74) is 7.04. The lowest BCUT2D eigenvalue weighted by molar-refractivity contribution is -0.131. The average Bonchev–Trinajstić information content (AvgIpc) is 2.28. The number of carbonyl (C=O) groups excluding carboxylic acids is 1. The average molecular weight is 271 g/mol. The zero-order valence-corrected chi connectivity index (χ0v) is 12.1. The summed E-state index contributed by atoms with van der Waals surface area (Å²) in [5, 5.41) is 0. The number of rotatable bonds is 5. The fourth-order valence-corrected chi connectivity index (χ4v) is 1.88. The van der Waals surface area contributed by atoms with Gasteiger partial charge in [-0.3, -0.25) is 4.79 Å². The first-order chi connectivity index (χ1) is 8.00. The molecule has 2 N–H and O–H groups in total. The first-order valence-corrected chi connectivity index (χ1v) is 6.05. The Hall–Kier alpha value is -1.06. The second kappa shape index (κ2) is 8.11. The van der Waals surface area contributed by atoms with Gasteiger partial charge in [0, 0.05) is 13.6 Å². The number of amides is 1. The van der Waals surface area contributed by atoms with Crippen molar-refractivity contribution in [2.75, 3.05) is 13.6 Å². The number of nitrogens with two attached hydrogens (primary N) is 1. The molecule has 0 aliphatic carbocycles. The molecule has 0 spiro atoms. The van der Waals surface area contributed by atoms with Crippen LogP contribution in [0.1, 0.15) is 19.4 Å². The molecule has 0 fully saturated rings. The lowest BCUT2D eigenvalue weighted by Gasteiger charge is -2.23. The van der Waals surface area contributed by atoms with E-state index in [0.717, 1.165) is 12.1 Å². The monoisotopic (exact) mass is 270 g/mol. The molecule has 18 heavy (non-hydrogen) atoms. The molecule has 0 saturated carbocycles. The molecular weight excluding hydrogens is 248 g/mol. The molecule has 0 aliphatic rings. The topological polar surface area (TPSA) is 46.3 Å². The molecule has 1 aromatic rings. The van der Waals surface area contributed by atoms with Crippen LogP contribution in [0.15, 0.2) is 30.3 Å². The Morgan fingerprint density at radius 3 is 2.33 bits per heavy atom. The van der Waals surface area contributed by atoms with Crippen molar-refractivity contribution in [2.45, 2.75) is 26.3 Å². The normalized spacial score (nSPS) is 11.8. The van der Waals surface area contributed by atoms with Crippen LogP contribution in [0.3, 0.4) is 0 Å². The van der Waals surface area contributed by atoms with Gasteiger partial charge in [0.25, 0.3) is 0 Å². The predicted molar refractivity (Wildman–Crippen MR) is 77.8 cm³/mol. The van der Waals surface area contributed by atoms with Gasteiger partial charge < -0.3 is 10.6 Å². The van der Waals surface area contributed by atoms with Gasteiger partial charge in [-0.15, -0.1) is 12.4 Å². The lowest BCUT2D eigenvalue weighted by atomic mass is 10.1.